The lowest BCUT2D eigenvalue weighted by molar-refractivity contribution is 0.0835. The Hall–Kier alpha value is -2.42. The van der Waals surface area contributed by atoms with Crippen molar-refractivity contribution in [1.82, 2.24) is 10.3 Å². The van der Waals surface area contributed by atoms with Crippen LogP contribution in [0, 0.1) is 17.5 Å². The highest BCUT2D eigenvalue weighted by molar-refractivity contribution is 6.74. The van der Waals surface area contributed by atoms with E-state index in [1.165, 1.54) is 12.1 Å². The van der Waals surface area contributed by atoms with Crippen LogP contribution in [-0.2, 0) is 23.0 Å². The van der Waals surface area contributed by atoms with Crippen LogP contribution in [0.1, 0.15) is 71.1 Å². The van der Waals surface area contributed by atoms with Crippen molar-refractivity contribution in [1.29, 1.82) is 0 Å². The van der Waals surface area contributed by atoms with E-state index in [0.717, 1.165) is 16.3 Å². The smallest absolute Gasteiger partial charge is 0.192 e. The Labute approximate surface area is 231 Å². The Kier molecular flexibility index (Phi) is 8.23. The van der Waals surface area contributed by atoms with Gasteiger partial charge in [-0.1, -0.05) is 41.5 Å². The maximum absolute atomic E-state index is 15.4. The molecule has 0 spiro atoms. The molecule has 2 aromatic carbocycles. The minimum Gasteiger partial charge on any atom is -0.490 e. The molecule has 0 atom stereocenters. The van der Waals surface area contributed by atoms with E-state index in [-0.39, 0.29) is 34.3 Å². The minimum atomic E-state index is -1.99. The summed E-state index contributed by atoms with van der Waals surface area (Å²) in [6.45, 7) is 17.0. The lowest BCUT2D eigenvalue weighted by Crippen LogP contribution is -2.46. The number of hydrogen-bond donors (Lipinski definition) is 1. The molecule has 0 unspecified atom stereocenters. The minimum absolute atomic E-state index is 0.0602. The molecule has 1 aromatic heterocycles. The molecule has 1 heterocycles. The number of halogens is 3. The molecular weight excluding hydrogens is 517 g/mol. The van der Waals surface area contributed by atoms with E-state index in [1.54, 1.807) is 39.2 Å². The van der Waals surface area contributed by atoms with Crippen molar-refractivity contribution in [2.75, 3.05) is 0 Å². The Morgan fingerprint density at radius 1 is 0.949 bits per heavy atom. The highest BCUT2D eigenvalue weighted by Crippen LogP contribution is 2.38. The van der Waals surface area contributed by atoms with E-state index in [4.69, 9.17) is 9.16 Å². The van der Waals surface area contributed by atoms with Gasteiger partial charge in [-0.2, -0.15) is 0 Å². The summed E-state index contributed by atoms with van der Waals surface area (Å²) in [4.78, 5) is 4.28. The molecule has 0 bridgehead atoms. The average molecular weight is 559 g/mol. The molecule has 0 amide bonds. The SMILES string of the molecule is CC(C)(C)c1c(F)cc(O[C@H]2C[C@H](NCc3c(F)cc(CO[Si](C)(C)C(C)(C)C)c4cnccc34)C2)cc1F. The second kappa shape index (κ2) is 10.9. The van der Waals surface area contributed by atoms with Crippen molar-refractivity contribution < 1.29 is 22.3 Å². The van der Waals surface area contributed by atoms with Crippen LogP contribution in [0.3, 0.4) is 0 Å². The number of aromatic nitrogens is 1. The number of benzene rings is 2. The van der Waals surface area contributed by atoms with E-state index >= 15 is 4.39 Å². The second-order valence-corrected chi connectivity index (χ2v) is 18.1. The van der Waals surface area contributed by atoms with Crippen LogP contribution in [0.2, 0.25) is 18.1 Å². The van der Waals surface area contributed by atoms with Gasteiger partial charge in [0, 0.05) is 53.6 Å². The molecule has 1 aliphatic rings. The number of rotatable bonds is 8. The van der Waals surface area contributed by atoms with Crippen molar-refractivity contribution in [3.8, 4) is 5.75 Å². The second-order valence-electron chi connectivity index (χ2n) is 13.3. The maximum atomic E-state index is 15.4. The first-order valence-electron chi connectivity index (χ1n) is 13.6. The van der Waals surface area contributed by atoms with E-state index in [1.807, 2.05) is 6.07 Å². The number of fused-ring (bicyclic) bond motifs is 1. The van der Waals surface area contributed by atoms with Crippen molar-refractivity contribution >= 4 is 19.1 Å². The van der Waals surface area contributed by atoms with Crippen molar-refractivity contribution in [3.63, 3.8) is 0 Å². The molecule has 39 heavy (non-hydrogen) atoms. The first-order valence-corrected chi connectivity index (χ1v) is 16.5. The Balaban J connectivity index is 1.39. The summed E-state index contributed by atoms with van der Waals surface area (Å²) < 4.78 is 56.7. The van der Waals surface area contributed by atoms with Crippen LogP contribution < -0.4 is 10.1 Å². The number of nitrogens with one attached hydrogen (secondary N) is 1. The zero-order chi connectivity index (χ0) is 28.8. The molecule has 1 N–H and O–H groups in total. The largest absolute Gasteiger partial charge is 0.490 e. The van der Waals surface area contributed by atoms with Crippen LogP contribution in [0.5, 0.6) is 5.75 Å². The topological polar surface area (TPSA) is 43.4 Å². The van der Waals surface area contributed by atoms with Crippen LogP contribution >= 0.6 is 0 Å². The van der Waals surface area contributed by atoms with Gasteiger partial charge in [-0.15, -0.1) is 0 Å². The van der Waals surface area contributed by atoms with Crippen molar-refractivity contribution in [2.45, 2.75) is 103 Å². The highest BCUT2D eigenvalue weighted by Gasteiger charge is 2.37. The summed E-state index contributed by atoms with van der Waals surface area (Å²) in [5.74, 6) is -1.27. The Morgan fingerprint density at radius 3 is 2.18 bits per heavy atom. The van der Waals surface area contributed by atoms with Gasteiger partial charge in [0.05, 0.1) is 6.61 Å². The molecule has 4 rings (SSSR count). The predicted octanol–water partition coefficient (Wildman–Crippen LogP) is 8.17. The van der Waals surface area contributed by atoms with Crippen molar-refractivity contribution in [3.05, 3.63) is 70.8 Å². The standard InChI is InChI=1S/C31H41F3N2O2Si/c1-30(2,3)29-27(33)14-22(15-28(29)34)38-21-12-20(13-21)36-17-25-23-9-10-35-16-24(23)19(11-26(25)32)18-37-39(7,8)31(4,5)6/h9-11,14-16,20-21,36H,12-13,17-18H2,1-8H3/t20-,21-. The lowest BCUT2D eigenvalue weighted by Gasteiger charge is -2.36. The monoisotopic (exact) mass is 558 g/mol. The third kappa shape index (κ3) is 6.50. The molecule has 0 saturated heterocycles. The molecule has 8 heteroatoms. The molecule has 1 saturated carbocycles. The van der Waals surface area contributed by atoms with Crippen LogP contribution in [0.15, 0.2) is 36.7 Å². The van der Waals surface area contributed by atoms with E-state index in [9.17, 15) is 8.78 Å². The fourth-order valence-electron chi connectivity index (χ4n) is 4.74. The van der Waals surface area contributed by atoms with Gasteiger partial charge in [0.2, 0.25) is 0 Å². The number of hydrogen-bond acceptors (Lipinski definition) is 4. The third-order valence-corrected chi connectivity index (χ3v) is 12.7. The van der Waals surface area contributed by atoms with Gasteiger partial charge in [0.25, 0.3) is 0 Å². The van der Waals surface area contributed by atoms with Crippen LogP contribution in [0.25, 0.3) is 10.8 Å². The third-order valence-electron chi connectivity index (χ3n) is 8.21. The van der Waals surface area contributed by atoms with Gasteiger partial charge in [0.15, 0.2) is 8.32 Å². The number of pyridine rings is 1. The molecule has 1 fully saturated rings. The van der Waals surface area contributed by atoms with Gasteiger partial charge in [-0.3, -0.25) is 4.98 Å². The molecule has 0 aliphatic heterocycles. The average Bonchev–Trinajstić information content (AvgIpc) is 2.78. The fraction of sp³-hybridized carbons (Fsp3) is 0.516. The summed E-state index contributed by atoms with van der Waals surface area (Å²) in [6, 6.07) is 6.07. The van der Waals surface area contributed by atoms with Gasteiger partial charge >= 0.3 is 0 Å². The van der Waals surface area contributed by atoms with Gasteiger partial charge in [-0.05, 0) is 59.5 Å². The Bertz CT molecular complexity index is 1320. The molecule has 4 nitrogen and oxygen atoms in total. The highest BCUT2D eigenvalue weighted by atomic mass is 28.4. The first-order chi connectivity index (χ1) is 18.1. The van der Waals surface area contributed by atoms with Gasteiger partial charge < -0.3 is 14.5 Å². The van der Waals surface area contributed by atoms with Crippen LogP contribution in [0.4, 0.5) is 13.2 Å². The summed E-state index contributed by atoms with van der Waals surface area (Å²) in [6.07, 6.45) is 4.65. The molecule has 0 radical (unpaired) electrons. The normalized spacial score (nSPS) is 18.3. The summed E-state index contributed by atoms with van der Waals surface area (Å²) in [5.41, 5.74) is 0.821. The van der Waals surface area contributed by atoms with Gasteiger partial charge in [-0.25, -0.2) is 13.2 Å². The quantitative estimate of drug-likeness (QED) is 0.283. The van der Waals surface area contributed by atoms with E-state index < -0.39 is 25.4 Å². The van der Waals surface area contributed by atoms with Crippen LogP contribution in [-0.4, -0.2) is 25.4 Å². The van der Waals surface area contributed by atoms with Gasteiger partial charge in [0.1, 0.15) is 29.3 Å². The predicted molar refractivity (Wildman–Crippen MR) is 153 cm³/mol. The number of nitrogens with zero attached hydrogens (tertiary/aromatic N) is 1. The van der Waals surface area contributed by atoms with Crippen molar-refractivity contribution in [2.24, 2.45) is 0 Å². The first kappa shape index (κ1) is 29.6. The fourth-order valence-corrected chi connectivity index (χ4v) is 5.68. The van der Waals surface area contributed by atoms with E-state index in [2.05, 4.69) is 44.2 Å². The molecule has 1 aliphatic carbocycles. The zero-order valence-corrected chi connectivity index (χ0v) is 25.3. The lowest BCUT2D eigenvalue weighted by atomic mass is 9.86. The number of ether oxygens (including phenoxy) is 1. The summed E-state index contributed by atoms with van der Waals surface area (Å²) in [7, 11) is -1.99. The van der Waals surface area contributed by atoms with E-state index in [0.29, 0.717) is 31.6 Å². The Morgan fingerprint density at radius 2 is 1.59 bits per heavy atom. The molecule has 3 aromatic rings. The molecule has 212 valence electrons. The zero-order valence-electron chi connectivity index (χ0n) is 24.3. The summed E-state index contributed by atoms with van der Waals surface area (Å²) >= 11 is 0. The summed E-state index contributed by atoms with van der Waals surface area (Å²) in [5, 5.41) is 5.20. The molecular formula is C31H41F3N2O2Si. The maximum Gasteiger partial charge on any atom is 0.192 e.